The summed E-state index contributed by atoms with van der Waals surface area (Å²) in [5.74, 6) is 1.83. The van der Waals surface area contributed by atoms with Crippen LogP contribution in [-0.4, -0.2) is 23.0 Å². The van der Waals surface area contributed by atoms with Crippen LogP contribution >= 0.6 is 0 Å². The van der Waals surface area contributed by atoms with Gasteiger partial charge in [-0.15, -0.1) is 0 Å². The van der Waals surface area contributed by atoms with Crippen LogP contribution in [0.3, 0.4) is 0 Å². The van der Waals surface area contributed by atoms with Gasteiger partial charge in [-0.1, -0.05) is 194 Å². The van der Waals surface area contributed by atoms with Crippen molar-refractivity contribution in [2.24, 2.45) is 0 Å². The molecule has 0 bridgehead atoms. The number of furan rings is 1. The summed E-state index contributed by atoms with van der Waals surface area (Å²) in [6.07, 6.45) is 0. The van der Waals surface area contributed by atoms with Gasteiger partial charge in [-0.25, -0.2) is 15.0 Å². The maximum Gasteiger partial charge on any atom is 0.179 e. The van der Waals surface area contributed by atoms with Gasteiger partial charge in [0, 0.05) is 27.5 Å². The molecule has 0 aliphatic carbocycles. The van der Waals surface area contributed by atoms with E-state index in [2.05, 4.69) is 182 Å². The quantitative estimate of drug-likeness (QED) is 0.0923. The van der Waals surface area contributed by atoms with Gasteiger partial charge >= 0.3 is 0 Å². The lowest BCUT2D eigenvalue weighted by Crippen LogP contribution is -2.74. The Balaban J connectivity index is 1.16. The number of nitrogens with zero attached hydrogens (tertiary/aromatic N) is 3. The van der Waals surface area contributed by atoms with Crippen molar-refractivity contribution in [1.29, 1.82) is 0 Å². The van der Waals surface area contributed by atoms with Crippen LogP contribution < -0.4 is 20.7 Å². The van der Waals surface area contributed by atoms with Crippen molar-refractivity contribution in [3.63, 3.8) is 0 Å². The Morgan fingerprint density at radius 2 is 0.810 bits per heavy atom. The fourth-order valence-electron chi connectivity index (χ4n) is 8.88. The van der Waals surface area contributed by atoms with Gasteiger partial charge in [0.25, 0.3) is 0 Å². The molecule has 272 valence electrons. The van der Waals surface area contributed by atoms with Gasteiger partial charge in [0.2, 0.25) is 0 Å². The molecule has 0 aliphatic rings. The second kappa shape index (κ2) is 13.9. The minimum absolute atomic E-state index is 0.597. The van der Waals surface area contributed by atoms with Crippen molar-refractivity contribution < 1.29 is 4.42 Å². The van der Waals surface area contributed by atoms with Crippen molar-refractivity contribution in [3.05, 3.63) is 212 Å². The van der Waals surface area contributed by atoms with E-state index in [0.717, 1.165) is 54.8 Å². The largest absolute Gasteiger partial charge is 0.456 e. The molecule has 2 aromatic heterocycles. The topological polar surface area (TPSA) is 51.8 Å². The highest BCUT2D eigenvalue weighted by molar-refractivity contribution is 7.19. The van der Waals surface area contributed by atoms with Gasteiger partial charge in [0.05, 0.1) is 0 Å². The van der Waals surface area contributed by atoms with E-state index < -0.39 is 8.07 Å². The van der Waals surface area contributed by atoms with E-state index in [0.29, 0.717) is 17.5 Å². The zero-order valence-electron chi connectivity index (χ0n) is 31.5. The van der Waals surface area contributed by atoms with Crippen molar-refractivity contribution in [2.75, 3.05) is 0 Å². The molecule has 5 heteroatoms. The first-order chi connectivity index (χ1) is 28.8. The zero-order valence-corrected chi connectivity index (χ0v) is 32.5. The molecule has 0 saturated carbocycles. The zero-order chi connectivity index (χ0) is 38.5. The Kier molecular flexibility index (Phi) is 8.12. The lowest BCUT2D eigenvalue weighted by atomic mass is 9.96. The van der Waals surface area contributed by atoms with Crippen LogP contribution in [0.5, 0.6) is 0 Å². The van der Waals surface area contributed by atoms with Gasteiger partial charge in [0.1, 0.15) is 11.2 Å². The number of aromatic nitrogens is 3. The molecule has 0 spiro atoms. The van der Waals surface area contributed by atoms with E-state index in [1.165, 1.54) is 26.1 Å². The van der Waals surface area contributed by atoms with Gasteiger partial charge < -0.3 is 4.42 Å². The number of rotatable bonds is 7. The maximum absolute atomic E-state index is 6.34. The highest BCUT2D eigenvalue weighted by Gasteiger charge is 2.41. The first-order valence-electron chi connectivity index (χ1n) is 19.6. The Hall–Kier alpha value is -7.47. The number of hydrogen-bond donors (Lipinski definition) is 0. The van der Waals surface area contributed by atoms with E-state index >= 15 is 0 Å². The van der Waals surface area contributed by atoms with E-state index in [-0.39, 0.29) is 0 Å². The molecule has 11 rings (SSSR count). The summed E-state index contributed by atoms with van der Waals surface area (Å²) in [6, 6.07) is 75.5. The molecule has 9 aromatic carbocycles. The fourth-order valence-corrected chi connectivity index (χ4v) is 13.6. The van der Waals surface area contributed by atoms with Crippen molar-refractivity contribution >= 4 is 72.3 Å². The average Bonchev–Trinajstić information content (AvgIpc) is 3.69. The summed E-state index contributed by atoms with van der Waals surface area (Å²) >= 11 is 0. The summed E-state index contributed by atoms with van der Waals surface area (Å²) < 4.78 is 6.34. The van der Waals surface area contributed by atoms with E-state index in [1.807, 2.05) is 30.3 Å². The van der Waals surface area contributed by atoms with Crippen LogP contribution in [0.2, 0.25) is 0 Å². The van der Waals surface area contributed by atoms with Crippen LogP contribution in [0.4, 0.5) is 0 Å². The molecular formula is C53H35N3OSi. The highest BCUT2D eigenvalue weighted by atomic mass is 28.3. The molecule has 0 fully saturated rings. The Morgan fingerprint density at radius 3 is 1.47 bits per heavy atom. The summed E-state index contributed by atoms with van der Waals surface area (Å²) in [6.45, 7) is 0. The SMILES string of the molecule is c1ccc([Si](c2ccccc2)(c2ccccc2)c2ccc(-c3nc(-c4cc5ccccc5c5ccccc45)nc(-c4cccc5oc6ccccc6c45)n3)cc2)cc1. The van der Waals surface area contributed by atoms with E-state index in [4.69, 9.17) is 19.4 Å². The van der Waals surface area contributed by atoms with Crippen LogP contribution in [0.15, 0.2) is 217 Å². The molecule has 4 nitrogen and oxygen atoms in total. The van der Waals surface area contributed by atoms with Gasteiger partial charge in [-0.3, -0.25) is 0 Å². The lowest BCUT2D eigenvalue weighted by Gasteiger charge is -2.34. The van der Waals surface area contributed by atoms with Crippen LogP contribution in [0, 0.1) is 0 Å². The Morgan fingerprint density at radius 1 is 0.328 bits per heavy atom. The minimum atomic E-state index is -2.72. The second-order valence-electron chi connectivity index (χ2n) is 14.7. The predicted molar refractivity (Wildman–Crippen MR) is 242 cm³/mol. The third-order valence-electron chi connectivity index (χ3n) is 11.5. The molecule has 0 saturated heterocycles. The fraction of sp³-hybridized carbons (Fsp3) is 0. The van der Waals surface area contributed by atoms with Crippen molar-refractivity contribution in [1.82, 2.24) is 15.0 Å². The van der Waals surface area contributed by atoms with Crippen LogP contribution in [-0.2, 0) is 0 Å². The third-order valence-corrected chi connectivity index (χ3v) is 16.3. The van der Waals surface area contributed by atoms with Crippen molar-refractivity contribution in [2.45, 2.75) is 0 Å². The molecule has 0 unspecified atom stereocenters. The molecule has 0 atom stereocenters. The smallest absolute Gasteiger partial charge is 0.179 e. The molecule has 0 aliphatic heterocycles. The predicted octanol–water partition coefficient (Wildman–Crippen LogP) is 10.5. The minimum Gasteiger partial charge on any atom is -0.456 e. The molecule has 0 amide bonds. The summed E-state index contributed by atoms with van der Waals surface area (Å²) in [5, 5.41) is 11.9. The van der Waals surface area contributed by atoms with Gasteiger partial charge in [0.15, 0.2) is 25.5 Å². The number of benzene rings is 9. The molecular weight excluding hydrogens is 723 g/mol. The number of hydrogen-bond acceptors (Lipinski definition) is 4. The molecule has 11 aromatic rings. The first kappa shape index (κ1) is 33.8. The van der Waals surface area contributed by atoms with Gasteiger partial charge in [-0.05, 0) is 60.5 Å². The standard InChI is InChI=1S/C53H35N3OSi/c1-4-18-38(19-5-1)58(39-20-6-2-7-21-39,40-22-8-3-9-23-40)41-33-31-36(32-34-41)51-54-52(46-28-16-30-49-50(46)45-27-14-15-29-48(45)57-49)56-53(55-51)47-35-37-17-10-11-24-42(37)43-25-12-13-26-44(43)47/h1-35H. The summed E-state index contributed by atoms with van der Waals surface area (Å²) in [4.78, 5) is 15.9. The second-order valence-corrected chi connectivity index (χ2v) is 18.5. The monoisotopic (exact) mass is 757 g/mol. The molecule has 0 N–H and O–H groups in total. The molecule has 2 heterocycles. The normalized spacial score (nSPS) is 11.8. The van der Waals surface area contributed by atoms with E-state index in [1.54, 1.807) is 0 Å². The van der Waals surface area contributed by atoms with Crippen LogP contribution in [0.25, 0.3) is 77.6 Å². The van der Waals surface area contributed by atoms with E-state index in [9.17, 15) is 0 Å². The first-order valence-corrected chi connectivity index (χ1v) is 21.6. The van der Waals surface area contributed by atoms with Gasteiger partial charge in [-0.2, -0.15) is 0 Å². The molecule has 0 radical (unpaired) electrons. The Labute approximate surface area is 336 Å². The summed E-state index contributed by atoms with van der Waals surface area (Å²) in [5.41, 5.74) is 4.41. The lowest BCUT2D eigenvalue weighted by molar-refractivity contribution is 0.669. The van der Waals surface area contributed by atoms with Crippen molar-refractivity contribution in [3.8, 4) is 34.2 Å². The Bertz CT molecular complexity index is 3180. The average molecular weight is 758 g/mol. The number of fused-ring (bicyclic) bond motifs is 6. The molecule has 58 heavy (non-hydrogen) atoms. The third kappa shape index (κ3) is 5.47. The van der Waals surface area contributed by atoms with Crippen LogP contribution in [0.1, 0.15) is 0 Å². The highest BCUT2D eigenvalue weighted by Crippen LogP contribution is 2.38. The maximum atomic E-state index is 6.34. The summed E-state index contributed by atoms with van der Waals surface area (Å²) in [7, 11) is -2.72. The number of para-hydroxylation sites is 1.